The number of piperidine rings is 1. The molecule has 0 atom stereocenters. The first kappa shape index (κ1) is 18.7. The molecular formula is C22H25N3O2S. The number of methoxy groups -OCH3 is 1. The minimum absolute atomic E-state index is 0.120. The van der Waals surface area contributed by atoms with E-state index in [1.807, 2.05) is 25.1 Å². The fourth-order valence-electron chi connectivity index (χ4n) is 3.81. The molecule has 0 unspecified atom stereocenters. The first-order chi connectivity index (χ1) is 13.7. The molecule has 4 rings (SSSR count). The van der Waals surface area contributed by atoms with Crippen molar-refractivity contribution in [2.75, 3.05) is 31.6 Å². The second-order valence-electron chi connectivity index (χ2n) is 7.05. The van der Waals surface area contributed by atoms with Crippen LogP contribution in [0.1, 0.15) is 19.8 Å². The van der Waals surface area contributed by atoms with Crippen LogP contribution in [0.2, 0.25) is 0 Å². The van der Waals surface area contributed by atoms with Crippen molar-refractivity contribution in [2.24, 2.45) is 5.92 Å². The number of hydrogen-bond donors (Lipinski definition) is 1. The third-order valence-electron chi connectivity index (χ3n) is 5.31. The Kier molecular flexibility index (Phi) is 5.48. The first-order valence-electron chi connectivity index (χ1n) is 9.75. The van der Waals surface area contributed by atoms with Gasteiger partial charge in [0.15, 0.2) is 0 Å². The monoisotopic (exact) mass is 395 g/mol. The van der Waals surface area contributed by atoms with E-state index in [1.54, 1.807) is 18.4 Å². The smallest absolute Gasteiger partial charge is 0.223 e. The molecule has 6 heteroatoms. The maximum absolute atomic E-state index is 12.2. The molecule has 146 valence electrons. The van der Waals surface area contributed by atoms with E-state index < -0.39 is 0 Å². The maximum Gasteiger partial charge on any atom is 0.223 e. The van der Waals surface area contributed by atoms with E-state index in [0.29, 0.717) is 6.54 Å². The van der Waals surface area contributed by atoms with Crippen molar-refractivity contribution in [1.82, 2.24) is 10.3 Å². The summed E-state index contributed by atoms with van der Waals surface area (Å²) >= 11 is 1.73. The number of benzene rings is 1. The molecule has 5 nitrogen and oxygen atoms in total. The summed E-state index contributed by atoms with van der Waals surface area (Å²) in [6.45, 7) is 4.44. The number of thiophene rings is 1. The Morgan fingerprint density at radius 3 is 2.86 bits per heavy atom. The predicted molar refractivity (Wildman–Crippen MR) is 115 cm³/mol. The fraction of sp³-hybridized carbons (Fsp3) is 0.364. The van der Waals surface area contributed by atoms with Crippen LogP contribution in [0, 0.1) is 5.92 Å². The van der Waals surface area contributed by atoms with Crippen LogP contribution in [0.5, 0.6) is 5.75 Å². The van der Waals surface area contributed by atoms with Crippen molar-refractivity contribution in [1.29, 1.82) is 0 Å². The van der Waals surface area contributed by atoms with Gasteiger partial charge in [-0.25, -0.2) is 4.98 Å². The molecule has 1 N–H and O–H groups in total. The Bertz CT molecular complexity index is 977. The molecule has 2 aromatic heterocycles. The van der Waals surface area contributed by atoms with Crippen molar-refractivity contribution < 1.29 is 9.53 Å². The van der Waals surface area contributed by atoms with Gasteiger partial charge in [0.25, 0.3) is 0 Å². The van der Waals surface area contributed by atoms with Gasteiger partial charge in [-0.05, 0) is 49.4 Å². The lowest BCUT2D eigenvalue weighted by Crippen LogP contribution is -2.40. The number of amides is 1. The average molecular weight is 396 g/mol. The number of aromatic nitrogens is 1. The molecule has 0 bridgehead atoms. The van der Waals surface area contributed by atoms with E-state index in [1.165, 1.54) is 10.4 Å². The van der Waals surface area contributed by atoms with Crippen LogP contribution in [-0.4, -0.2) is 37.6 Å². The van der Waals surface area contributed by atoms with E-state index in [0.717, 1.165) is 48.5 Å². The van der Waals surface area contributed by atoms with Crippen molar-refractivity contribution in [2.45, 2.75) is 19.8 Å². The van der Waals surface area contributed by atoms with Crippen molar-refractivity contribution >= 4 is 33.1 Å². The first-order valence-corrected chi connectivity index (χ1v) is 10.6. The average Bonchev–Trinajstić information content (AvgIpc) is 3.22. The zero-order chi connectivity index (χ0) is 19.5. The molecule has 1 aliphatic heterocycles. The van der Waals surface area contributed by atoms with Gasteiger partial charge in [0, 0.05) is 31.1 Å². The number of nitrogens with zero attached hydrogens (tertiary/aromatic N) is 2. The maximum atomic E-state index is 12.2. The molecule has 0 saturated carbocycles. The zero-order valence-corrected chi connectivity index (χ0v) is 17.1. The second-order valence-corrected chi connectivity index (χ2v) is 7.97. The summed E-state index contributed by atoms with van der Waals surface area (Å²) in [7, 11) is 1.68. The van der Waals surface area contributed by atoms with E-state index in [2.05, 4.69) is 33.8 Å². The topological polar surface area (TPSA) is 54.5 Å². The largest absolute Gasteiger partial charge is 0.497 e. The van der Waals surface area contributed by atoms with E-state index in [9.17, 15) is 4.79 Å². The highest BCUT2D eigenvalue weighted by molar-refractivity contribution is 7.17. The van der Waals surface area contributed by atoms with Gasteiger partial charge in [0.05, 0.1) is 28.7 Å². The van der Waals surface area contributed by atoms with Crippen LogP contribution in [0.3, 0.4) is 0 Å². The number of nitrogens with one attached hydrogen (secondary N) is 1. The van der Waals surface area contributed by atoms with Gasteiger partial charge in [-0.2, -0.15) is 0 Å². The predicted octanol–water partition coefficient (Wildman–Crippen LogP) is 4.32. The van der Waals surface area contributed by atoms with Crippen LogP contribution in [-0.2, 0) is 4.79 Å². The quantitative estimate of drug-likeness (QED) is 0.699. The number of pyridine rings is 1. The lowest BCUT2D eigenvalue weighted by Gasteiger charge is -2.33. The number of anilines is 1. The molecule has 1 fully saturated rings. The molecule has 0 radical (unpaired) electrons. The Hall–Kier alpha value is -2.60. The summed E-state index contributed by atoms with van der Waals surface area (Å²) in [5.74, 6) is 1.14. The van der Waals surface area contributed by atoms with Gasteiger partial charge in [0.1, 0.15) is 5.75 Å². The third kappa shape index (κ3) is 3.69. The van der Waals surface area contributed by atoms with Gasteiger partial charge < -0.3 is 15.0 Å². The Balaban J connectivity index is 1.64. The SMILES string of the molecule is CCNC(=O)C1CCN(c2cc(-c3cccc(OC)c3)nc3ccsc23)CC1. The Morgan fingerprint density at radius 2 is 2.11 bits per heavy atom. The van der Waals surface area contributed by atoms with Gasteiger partial charge in [-0.3, -0.25) is 4.79 Å². The van der Waals surface area contributed by atoms with Crippen LogP contribution in [0.25, 0.3) is 21.5 Å². The highest BCUT2D eigenvalue weighted by Gasteiger charge is 2.26. The number of ether oxygens (including phenoxy) is 1. The molecule has 0 aliphatic carbocycles. The third-order valence-corrected chi connectivity index (χ3v) is 6.24. The molecule has 1 aliphatic rings. The minimum atomic E-state index is 0.120. The number of fused-ring (bicyclic) bond motifs is 1. The molecular weight excluding hydrogens is 370 g/mol. The van der Waals surface area contributed by atoms with Crippen molar-refractivity contribution in [3.05, 3.63) is 41.8 Å². The van der Waals surface area contributed by atoms with Gasteiger partial charge in [0.2, 0.25) is 5.91 Å². The van der Waals surface area contributed by atoms with E-state index in [-0.39, 0.29) is 11.8 Å². The summed E-state index contributed by atoms with van der Waals surface area (Å²) in [4.78, 5) is 19.4. The number of rotatable bonds is 5. The molecule has 1 saturated heterocycles. The summed E-state index contributed by atoms with van der Waals surface area (Å²) in [5.41, 5.74) is 4.23. The highest BCUT2D eigenvalue weighted by atomic mass is 32.1. The molecule has 1 aromatic carbocycles. The lowest BCUT2D eigenvalue weighted by atomic mass is 9.95. The van der Waals surface area contributed by atoms with Crippen LogP contribution < -0.4 is 15.0 Å². The van der Waals surface area contributed by atoms with Gasteiger partial charge >= 0.3 is 0 Å². The number of carbonyl (C=O) groups excluding carboxylic acids is 1. The second kappa shape index (κ2) is 8.19. The van der Waals surface area contributed by atoms with Crippen LogP contribution in [0.15, 0.2) is 41.8 Å². The standard InChI is InChI=1S/C22H25N3O2S/c1-3-23-22(26)15-7-10-25(11-8-15)20-14-19(24-18-9-12-28-21(18)20)16-5-4-6-17(13-16)27-2/h4-6,9,12-15H,3,7-8,10-11H2,1-2H3,(H,23,26). The summed E-state index contributed by atoms with van der Waals surface area (Å²) in [6.07, 6.45) is 1.77. The van der Waals surface area contributed by atoms with Crippen molar-refractivity contribution in [3.8, 4) is 17.0 Å². The normalized spacial score (nSPS) is 15.0. The lowest BCUT2D eigenvalue weighted by molar-refractivity contribution is -0.125. The van der Waals surface area contributed by atoms with Crippen molar-refractivity contribution in [3.63, 3.8) is 0 Å². The van der Waals surface area contributed by atoms with Crippen LogP contribution in [0.4, 0.5) is 5.69 Å². The van der Waals surface area contributed by atoms with Crippen LogP contribution >= 0.6 is 11.3 Å². The zero-order valence-electron chi connectivity index (χ0n) is 16.3. The summed E-state index contributed by atoms with van der Waals surface area (Å²) < 4.78 is 6.59. The van der Waals surface area contributed by atoms with Gasteiger partial charge in [-0.1, -0.05) is 12.1 Å². The number of hydrogen-bond acceptors (Lipinski definition) is 5. The summed E-state index contributed by atoms with van der Waals surface area (Å²) in [6, 6.07) is 12.3. The molecule has 3 aromatic rings. The highest BCUT2D eigenvalue weighted by Crippen LogP contribution is 2.36. The molecule has 28 heavy (non-hydrogen) atoms. The van der Waals surface area contributed by atoms with E-state index >= 15 is 0 Å². The molecule has 1 amide bonds. The summed E-state index contributed by atoms with van der Waals surface area (Å²) in [5, 5.41) is 5.05. The molecule has 0 spiro atoms. The Morgan fingerprint density at radius 1 is 1.29 bits per heavy atom. The van der Waals surface area contributed by atoms with Gasteiger partial charge in [-0.15, -0.1) is 11.3 Å². The molecule has 3 heterocycles. The minimum Gasteiger partial charge on any atom is -0.497 e. The van der Waals surface area contributed by atoms with E-state index in [4.69, 9.17) is 9.72 Å². The Labute approximate surface area is 169 Å². The fourth-order valence-corrected chi connectivity index (χ4v) is 4.68. The number of carbonyl (C=O) groups is 1.